The highest BCUT2D eigenvalue weighted by Gasteiger charge is 2.18. The van der Waals surface area contributed by atoms with Crippen LogP contribution in [0, 0.1) is 0 Å². The molecule has 1 fully saturated rings. The first-order valence-electron chi connectivity index (χ1n) is 6.74. The number of hydrogen-bond acceptors (Lipinski definition) is 6. The van der Waals surface area contributed by atoms with Gasteiger partial charge in [0.2, 0.25) is 0 Å². The Kier molecular flexibility index (Phi) is 4.12. The molecule has 0 saturated carbocycles. The van der Waals surface area contributed by atoms with Gasteiger partial charge in [0.15, 0.2) is 5.06 Å². The van der Waals surface area contributed by atoms with E-state index in [1.807, 2.05) is 12.1 Å². The number of ether oxygens (including phenoxy) is 1. The smallest absolute Gasteiger partial charge is 0.271 e. The fourth-order valence-electron chi connectivity index (χ4n) is 2.18. The predicted octanol–water partition coefficient (Wildman–Crippen LogP) is 1.31. The van der Waals surface area contributed by atoms with E-state index in [2.05, 4.69) is 20.6 Å². The van der Waals surface area contributed by atoms with Crippen molar-refractivity contribution >= 4 is 17.2 Å². The maximum Gasteiger partial charge on any atom is 0.271 e. The van der Waals surface area contributed by atoms with Crippen molar-refractivity contribution in [3.63, 3.8) is 0 Å². The summed E-state index contributed by atoms with van der Waals surface area (Å²) in [7, 11) is 1.63. The Balaban J connectivity index is 1.69. The second kappa shape index (κ2) is 6.19. The molecule has 1 amide bonds. The minimum absolute atomic E-state index is 0.175. The van der Waals surface area contributed by atoms with E-state index in [4.69, 9.17) is 4.74 Å². The topological polar surface area (TPSA) is 76.1 Å². The third kappa shape index (κ3) is 3.20. The summed E-state index contributed by atoms with van der Waals surface area (Å²) in [6.45, 7) is 1.75. The summed E-state index contributed by atoms with van der Waals surface area (Å²) in [6, 6.07) is 3.99. The lowest BCUT2D eigenvalue weighted by Gasteiger charge is -2.10. The molecule has 1 aliphatic rings. The molecule has 1 aliphatic heterocycles. The molecule has 2 N–H and O–H groups in total. The van der Waals surface area contributed by atoms with Crippen LogP contribution in [0.1, 0.15) is 16.9 Å². The molecular formula is C14H16N4O2S. The summed E-state index contributed by atoms with van der Waals surface area (Å²) in [6.07, 6.45) is 4.08. The molecule has 0 bridgehead atoms. The van der Waals surface area contributed by atoms with E-state index >= 15 is 0 Å². The lowest BCUT2D eigenvalue weighted by molar-refractivity contribution is 0.0934. The molecule has 0 spiro atoms. The van der Waals surface area contributed by atoms with Gasteiger partial charge in [-0.1, -0.05) is 11.3 Å². The zero-order valence-corrected chi connectivity index (χ0v) is 12.4. The van der Waals surface area contributed by atoms with Crippen LogP contribution in [0.25, 0.3) is 10.6 Å². The number of nitrogens with one attached hydrogen (secondary N) is 2. The second-order valence-corrected chi connectivity index (χ2v) is 5.82. The fraction of sp³-hybridized carbons (Fsp3) is 0.357. The lowest BCUT2D eigenvalue weighted by atomic mass is 10.2. The Morgan fingerprint density at radius 3 is 2.95 bits per heavy atom. The normalized spacial score (nSPS) is 17.7. The van der Waals surface area contributed by atoms with E-state index in [0.717, 1.165) is 35.1 Å². The Hall–Kier alpha value is -1.99. The molecule has 1 atom stereocenters. The molecule has 2 aromatic rings. The van der Waals surface area contributed by atoms with Crippen LogP contribution in [0.2, 0.25) is 0 Å². The van der Waals surface area contributed by atoms with E-state index < -0.39 is 0 Å². The number of thiophene rings is 1. The van der Waals surface area contributed by atoms with Crippen LogP contribution in [-0.4, -0.2) is 42.1 Å². The minimum Gasteiger partial charge on any atom is -0.487 e. The van der Waals surface area contributed by atoms with Crippen molar-refractivity contribution in [2.24, 2.45) is 0 Å². The van der Waals surface area contributed by atoms with Gasteiger partial charge in [0.25, 0.3) is 5.91 Å². The highest BCUT2D eigenvalue weighted by atomic mass is 32.1. The lowest BCUT2D eigenvalue weighted by Crippen LogP contribution is -2.36. The summed E-state index contributed by atoms with van der Waals surface area (Å²) in [4.78, 5) is 21.5. The average molecular weight is 304 g/mol. The van der Waals surface area contributed by atoms with Gasteiger partial charge < -0.3 is 15.4 Å². The molecule has 1 saturated heterocycles. The third-order valence-corrected chi connectivity index (χ3v) is 4.38. The van der Waals surface area contributed by atoms with Crippen molar-refractivity contribution in [2.75, 3.05) is 20.2 Å². The standard InChI is InChI=1S/C14H16N4O2S/c1-20-13-3-2-12(21-13)10-7-17-11(8-16-10)14(19)18-9-4-5-15-6-9/h2-3,7-9,15H,4-6H2,1H3,(H,18,19). The summed E-state index contributed by atoms with van der Waals surface area (Å²) >= 11 is 1.49. The van der Waals surface area contributed by atoms with Gasteiger partial charge in [-0.25, -0.2) is 4.98 Å². The van der Waals surface area contributed by atoms with Crippen LogP contribution >= 0.6 is 11.3 Å². The number of rotatable bonds is 4. The average Bonchev–Trinajstić information content (AvgIpc) is 3.18. The number of methoxy groups -OCH3 is 1. The first-order chi connectivity index (χ1) is 10.3. The van der Waals surface area contributed by atoms with Crippen LogP contribution in [0.15, 0.2) is 24.5 Å². The minimum atomic E-state index is -0.175. The maximum atomic E-state index is 12.0. The maximum absolute atomic E-state index is 12.0. The Morgan fingerprint density at radius 1 is 1.43 bits per heavy atom. The van der Waals surface area contributed by atoms with Crippen molar-refractivity contribution < 1.29 is 9.53 Å². The zero-order valence-electron chi connectivity index (χ0n) is 11.6. The molecule has 0 radical (unpaired) electrons. The number of amides is 1. The fourth-order valence-corrected chi connectivity index (χ4v) is 2.96. The molecule has 110 valence electrons. The molecule has 3 rings (SSSR count). The summed E-state index contributed by atoms with van der Waals surface area (Å²) < 4.78 is 5.15. The zero-order chi connectivity index (χ0) is 14.7. The van der Waals surface area contributed by atoms with E-state index in [1.54, 1.807) is 13.3 Å². The van der Waals surface area contributed by atoms with Gasteiger partial charge >= 0.3 is 0 Å². The highest BCUT2D eigenvalue weighted by molar-refractivity contribution is 7.17. The molecule has 6 nitrogen and oxygen atoms in total. The van der Waals surface area contributed by atoms with E-state index in [1.165, 1.54) is 17.5 Å². The van der Waals surface area contributed by atoms with E-state index in [-0.39, 0.29) is 11.9 Å². The van der Waals surface area contributed by atoms with Gasteiger partial charge in [0, 0.05) is 12.6 Å². The quantitative estimate of drug-likeness (QED) is 0.890. The molecule has 3 heterocycles. The first kappa shape index (κ1) is 14.0. The summed E-state index contributed by atoms with van der Waals surface area (Å²) in [5.41, 5.74) is 1.08. The van der Waals surface area contributed by atoms with Crippen LogP contribution in [0.5, 0.6) is 5.06 Å². The van der Waals surface area contributed by atoms with Gasteiger partial charge in [0.1, 0.15) is 5.69 Å². The molecule has 2 aromatic heterocycles. The molecule has 21 heavy (non-hydrogen) atoms. The van der Waals surface area contributed by atoms with Crippen molar-refractivity contribution in [1.29, 1.82) is 0 Å². The monoisotopic (exact) mass is 304 g/mol. The van der Waals surface area contributed by atoms with E-state index in [0.29, 0.717) is 5.69 Å². The van der Waals surface area contributed by atoms with Gasteiger partial charge in [-0.3, -0.25) is 9.78 Å². The summed E-state index contributed by atoms with van der Waals surface area (Å²) in [5, 5.41) is 6.97. The molecule has 1 unspecified atom stereocenters. The van der Waals surface area contributed by atoms with Crippen molar-refractivity contribution in [3.8, 4) is 15.6 Å². The largest absolute Gasteiger partial charge is 0.487 e. The van der Waals surface area contributed by atoms with Gasteiger partial charge in [-0.15, -0.1) is 0 Å². The Bertz CT molecular complexity index is 620. The Labute approximate surface area is 126 Å². The number of nitrogens with zero attached hydrogens (tertiary/aromatic N) is 2. The number of aromatic nitrogens is 2. The second-order valence-electron chi connectivity index (χ2n) is 4.77. The molecule has 0 aliphatic carbocycles. The first-order valence-corrected chi connectivity index (χ1v) is 7.56. The van der Waals surface area contributed by atoms with Gasteiger partial charge in [-0.05, 0) is 25.1 Å². The van der Waals surface area contributed by atoms with Crippen molar-refractivity contribution in [2.45, 2.75) is 12.5 Å². The van der Waals surface area contributed by atoms with Gasteiger partial charge in [-0.2, -0.15) is 0 Å². The molecule has 0 aromatic carbocycles. The van der Waals surface area contributed by atoms with Crippen molar-refractivity contribution in [3.05, 3.63) is 30.2 Å². The van der Waals surface area contributed by atoms with Gasteiger partial charge in [0.05, 0.1) is 30.1 Å². The number of hydrogen-bond donors (Lipinski definition) is 2. The van der Waals surface area contributed by atoms with E-state index in [9.17, 15) is 4.79 Å². The number of carbonyl (C=O) groups is 1. The predicted molar refractivity (Wildman–Crippen MR) is 80.6 cm³/mol. The summed E-state index contributed by atoms with van der Waals surface area (Å²) in [5.74, 6) is -0.175. The van der Waals surface area contributed by atoms with Crippen molar-refractivity contribution in [1.82, 2.24) is 20.6 Å². The van der Waals surface area contributed by atoms with Crippen LogP contribution in [-0.2, 0) is 0 Å². The Morgan fingerprint density at radius 2 is 2.33 bits per heavy atom. The molecule has 7 heteroatoms. The highest BCUT2D eigenvalue weighted by Crippen LogP contribution is 2.31. The third-order valence-electron chi connectivity index (χ3n) is 3.31. The van der Waals surface area contributed by atoms with Crippen LogP contribution in [0.3, 0.4) is 0 Å². The molecular weight excluding hydrogens is 288 g/mol. The van der Waals surface area contributed by atoms with Crippen LogP contribution < -0.4 is 15.4 Å². The number of carbonyl (C=O) groups excluding carboxylic acids is 1. The van der Waals surface area contributed by atoms with Crippen LogP contribution in [0.4, 0.5) is 0 Å². The SMILES string of the molecule is COc1ccc(-c2cnc(C(=O)NC3CCNC3)cn2)s1.